The van der Waals surface area contributed by atoms with Crippen LogP contribution in [-0.4, -0.2) is 37.1 Å². The predicted octanol–water partition coefficient (Wildman–Crippen LogP) is 3.69. The highest BCUT2D eigenvalue weighted by atomic mass is 35.5. The molecule has 0 saturated carbocycles. The fraction of sp³-hybridized carbons (Fsp3) is 0.190. The molecule has 2 aromatic carbocycles. The zero-order valence-corrected chi connectivity index (χ0v) is 18.7. The average Bonchev–Trinajstić information content (AvgIpc) is 3.01. The zero-order chi connectivity index (χ0) is 23.0. The number of aromatic nitrogens is 2. The molecule has 1 amide bonds. The van der Waals surface area contributed by atoms with E-state index in [9.17, 15) is 18.0 Å². The van der Waals surface area contributed by atoms with Crippen molar-refractivity contribution in [2.45, 2.75) is 24.7 Å². The number of carbonyl (C=O) groups is 2. The van der Waals surface area contributed by atoms with Crippen molar-refractivity contribution >= 4 is 44.9 Å². The fourth-order valence-electron chi connectivity index (χ4n) is 3.42. The van der Waals surface area contributed by atoms with Crippen LogP contribution in [0.1, 0.15) is 23.3 Å². The Hall–Kier alpha value is -3.37. The Morgan fingerprint density at radius 3 is 2.53 bits per heavy atom. The molecule has 1 aliphatic heterocycles. The van der Waals surface area contributed by atoms with Gasteiger partial charge in [-0.2, -0.15) is 9.78 Å². The van der Waals surface area contributed by atoms with Gasteiger partial charge in [0.25, 0.3) is 10.0 Å². The van der Waals surface area contributed by atoms with Crippen molar-refractivity contribution in [1.82, 2.24) is 9.78 Å². The minimum Gasteiger partial charge on any atom is -0.497 e. The van der Waals surface area contributed by atoms with E-state index >= 15 is 0 Å². The van der Waals surface area contributed by atoms with Gasteiger partial charge in [0.05, 0.1) is 17.8 Å². The molecule has 166 valence electrons. The zero-order valence-electron chi connectivity index (χ0n) is 17.2. The summed E-state index contributed by atoms with van der Waals surface area (Å²) in [6.45, 7) is 1.68. The van der Waals surface area contributed by atoms with E-state index in [1.165, 1.54) is 19.2 Å². The summed E-state index contributed by atoms with van der Waals surface area (Å²) in [6.07, 6.45) is 0.0815. The topological polar surface area (TPSA) is 119 Å². The molecule has 4 rings (SSSR count). The number of aryl methyl sites for hydroxylation is 1. The Kier molecular flexibility index (Phi) is 5.66. The summed E-state index contributed by atoms with van der Waals surface area (Å²) in [7, 11) is -2.53. The lowest BCUT2D eigenvalue weighted by molar-refractivity contribution is -0.116. The number of nitrogens with zero attached hydrogens (tertiary/aromatic N) is 2. The number of ether oxygens (including phenoxy) is 1. The van der Waals surface area contributed by atoms with Crippen molar-refractivity contribution in [1.29, 1.82) is 0 Å². The summed E-state index contributed by atoms with van der Waals surface area (Å²) >= 11 is 6.23. The molecule has 0 spiro atoms. The first-order valence-electron chi connectivity index (χ1n) is 9.59. The van der Waals surface area contributed by atoms with Crippen LogP contribution in [0.3, 0.4) is 0 Å². The summed E-state index contributed by atoms with van der Waals surface area (Å²) in [4.78, 5) is 24.3. The highest BCUT2D eigenvalue weighted by molar-refractivity contribution is 7.92. The van der Waals surface area contributed by atoms with Crippen LogP contribution in [-0.2, 0) is 14.8 Å². The van der Waals surface area contributed by atoms with Crippen LogP contribution < -0.4 is 14.8 Å². The van der Waals surface area contributed by atoms with Gasteiger partial charge in [0.2, 0.25) is 11.8 Å². The number of halogens is 1. The number of hydrogen-bond acceptors (Lipinski definition) is 6. The van der Waals surface area contributed by atoms with Gasteiger partial charge in [-0.3, -0.25) is 14.3 Å². The minimum atomic E-state index is -4.04. The minimum absolute atomic E-state index is 0.0192. The molecule has 1 aromatic heterocycles. The molecule has 32 heavy (non-hydrogen) atoms. The smallest absolute Gasteiger partial charge is 0.263 e. The van der Waals surface area contributed by atoms with E-state index in [-0.39, 0.29) is 40.4 Å². The standard InChI is InChI=1S/C21H19ClN4O5S/c1-12-20(21-23-18(27)9-10-19(28)26(21)24-12)13-3-8-16(22)17(11-13)32(29,30)25-14-4-6-15(31-2)7-5-14/h3-8,11,25H,9-10H2,1-2H3,(H,23,27). The normalized spacial score (nSPS) is 13.8. The third kappa shape index (κ3) is 4.06. The Bertz CT molecular complexity index is 1330. The maximum atomic E-state index is 13.1. The second kappa shape index (κ2) is 8.29. The van der Waals surface area contributed by atoms with Crippen LogP contribution in [0.2, 0.25) is 5.02 Å². The van der Waals surface area contributed by atoms with Gasteiger partial charge < -0.3 is 10.1 Å². The Morgan fingerprint density at radius 1 is 1.12 bits per heavy atom. The predicted molar refractivity (Wildman–Crippen MR) is 120 cm³/mol. The monoisotopic (exact) mass is 474 g/mol. The molecule has 0 fully saturated rings. The lowest BCUT2D eigenvalue weighted by atomic mass is 10.1. The summed E-state index contributed by atoms with van der Waals surface area (Å²) in [6, 6.07) is 10.8. The first kappa shape index (κ1) is 21.8. The first-order chi connectivity index (χ1) is 15.2. The van der Waals surface area contributed by atoms with E-state index in [1.807, 2.05) is 0 Å². The molecule has 0 atom stereocenters. The highest BCUT2D eigenvalue weighted by Crippen LogP contribution is 2.36. The third-order valence-electron chi connectivity index (χ3n) is 4.97. The number of rotatable bonds is 5. The summed E-state index contributed by atoms with van der Waals surface area (Å²) in [5.74, 6) is 0.155. The molecular formula is C21H19ClN4O5S. The number of carbonyl (C=O) groups excluding carboxylic acids is 2. The van der Waals surface area contributed by atoms with E-state index in [1.54, 1.807) is 37.3 Å². The molecular weight excluding hydrogens is 456 g/mol. The van der Waals surface area contributed by atoms with Crippen LogP contribution in [0.25, 0.3) is 11.1 Å². The fourth-order valence-corrected chi connectivity index (χ4v) is 5.01. The number of methoxy groups -OCH3 is 1. The van der Waals surface area contributed by atoms with E-state index in [2.05, 4.69) is 15.1 Å². The largest absolute Gasteiger partial charge is 0.497 e. The van der Waals surface area contributed by atoms with Gasteiger partial charge in [0.15, 0.2) is 0 Å². The average molecular weight is 475 g/mol. The Balaban J connectivity index is 1.77. The molecule has 2 heterocycles. The van der Waals surface area contributed by atoms with E-state index in [0.717, 1.165) is 4.68 Å². The van der Waals surface area contributed by atoms with E-state index in [0.29, 0.717) is 28.3 Å². The number of nitrogens with one attached hydrogen (secondary N) is 2. The number of fused-ring (bicyclic) bond motifs is 1. The summed E-state index contributed by atoms with van der Waals surface area (Å²) in [5.41, 5.74) is 1.69. The molecule has 3 aromatic rings. The quantitative estimate of drug-likeness (QED) is 0.582. The second-order valence-electron chi connectivity index (χ2n) is 7.14. The number of sulfonamides is 1. The van der Waals surface area contributed by atoms with Crippen LogP contribution >= 0.6 is 11.6 Å². The van der Waals surface area contributed by atoms with Gasteiger partial charge in [-0.1, -0.05) is 17.7 Å². The van der Waals surface area contributed by atoms with Crippen molar-refractivity contribution < 1.29 is 22.7 Å². The van der Waals surface area contributed by atoms with Crippen molar-refractivity contribution in [2.75, 3.05) is 17.1 Å². The summed E-state index contributed by atoms with van der Waals surface area (Å²) in [5, 5.41) is 6.96. The molecule has 9 nitrogen and oxygen atoms in total. The molecule has 0 bridgehead atoms. The number of hydrogen-bond donors (Lipinski definition) is 2. The van der Waals surface area contributed by atoms with Crippen LogP contribution in [0, 0.1) is 6.92 Å². The molecule has 1 aliphatic rings. The van der Waals surface area contributed by atoms with E-state index < -0.39 is 10.0 Å². The van der Waals surface area contributed by atoms with Crippen molar-refractivity contribution in [3.8, 4) is 16.9 Å². The number of amides is 1. The summed E-state index contributed by atoms with van der Waals surface area (Å²) < 4.78 is 34.8. The van der Waals surface area contributed by atoms with Crippen molar-refractivity contribution in [3.63, 3.8) is 0 Å². The van der Waals surface area contributed by atoms with Crippen LogP contribution in [0.5, 0.6) is 5.75 Å². The Labute approximate surface area is 189 Å². The molecule has 0 aliphatic carbocycles. The Morgan fingerprint density at radius 2 is 1.84 bits per heavy atom. The maximum Gasteiger partial charge on any atom is 0.263 e. The highest BCUT2D eigenvalue weighted by Gasteiger charge is 2.27. The van der Waals surface area contributed by atoms with Gasteiger partial charge in [0.1, 0.15) is 16.5 Å². The van der Waals surface area contributed by atoms with Gasteiger partial charge in [-0.15, -0.1) is 0 Å². The second-order valence-corrected chi connectivity index (χ2v) is 9.20. The van der Waals surface area contributed by atoms with Crippen LogP contribution in [0.4, 0.5) is 11.5 Å². The number of benzene rings is 2. The van der Waals surface area contributed by atoms with E-state index in [4.69, 9.17) is 16.3 Å². The molecule has 0 unspecified atom stereocenters. The third-order valence-corrected chi connectivity index (χ3v) is 6.83. The van der Waals surface area contributed by atoms with Crippen molar-refractivity contribution in [2.24, 2.45) is 0 Å². The van der Waals surface area contributed by atoms with Gasteiger partial charge in [-0.05, 0) is 48.9 Å². The lowest BCUT2D eigenvalue weighted by Gasteiger charge is -2.12. The van der Waals surface area contributed by atoms with Crippen LogP contribution in [0.15, 0.2) is 47.4 Å². The SMILES string of the molecule is COc1ccc(NS(=O)(=O)c2cc(-c3c(C)nn4c3NC(=O)CCC4=O)ccc2Cl)cc1. The van der Waals surface area contributed by atoms with Crippen molar-refractivity contribution in [3.05, 3.63) is 53.2 Å². The van der Waals surface area contributed by atoms with Gasteiger partial charge >= 0.3 is 0 Å². The first-order valence-corrected chi connectivity index (χ1v) is 11.4. The molecule has 0 radical (unpaired) electrons. The van der Waals surface area contributed by atoms with Gasteiger partial charge in [0, 0.05) is 24.1 Å². The number of anilines is 2. The molecule has 0 saturated heterocycles. The van der Waals surface area contributed by atoms with Gasteiger partial charge in [-0.25, -0.2) is 8.42 Å². The molecule has 2 N–H and O–H groups in total. The molecule has 11 heteroatoms. The lowest BCUT2D eigenvalue weighted by Crippen LogP contribution is -2.14. The maximum absolute atomic E-state index is 13.1.